The zero-order valence-electron chi connectivity index (χ0n) is 11.2. The summed E-state index contributed by atoms with van der Waals surface area (Å²) in [5, 5.41) is 16.8. The van der Waals surface area contributed by atoms with Crippen LogP contribution in [0.3, 0.4) is 0 Å². The van der Waals surface area contributed by atoms with Crippen LogP contribution < -0.4 is 10.9 Å². The number of anilines is 1. The average Bonchev–Trinajstić information content (AvgIpc) is 2.47. The number of hydrogen-bond acceptors (Lipinski definition) is 4. The molecule has 0 radical (unpaired) electrons. The Balaban J connectivity index is 2.19. The molecule has 2 rings (SSSR count). The van der Waals surface area contributed by atoms with Crippen LogP contribution in [0.15, 0.2) is 15.5 Å². The molecule has 5 nitrogen and oxygen atoms in total. The van der Waals surface area contributed by atoms with Gasteiger partial charge in [0.2, 0.25) is 0 Å². The molecule has 1 saturated carbocycles. The third-order valence-corrected chi connectivity index (χ3v) is 4.48. The predicted octanol–water partition coefficient (Wildman–Crippen LogP) is 1.60. The standard InChI is InChI=1S/C14H18BrN3O2/c1-2-7-18-14(20)13(15)12(8-16-18)17-11-6-4-3-5-10(11)9-19/h1,8,10-11,17,19H,3-7,9H2. The zero-order chi connectivity index (χ0) is 14.5. The van der Waals surface area contributed by atoms with Gasteiger partial charge in [0, 0.05) is 18.6 Å². The molecule has 1 aromatic rings. The number of nitrogens with one attached hydrogen (secondary N) is 1. The van der Waals surface area contributed by atoms with Crippen LogP contribution in [0.1, 0.15) is 25.7 Å². The van der Waals surface area contributed by atoms with E-state index in [-0.39, 0.29) is 30.7 Å². The van der Waals surface area contributed by atoms with Crippen molar-refractivity contribution in [2.24, 2.45) is 5.92 Å². The van der Waals surface area contributed by atoms with Crippen LogP contribution in [0.25, 0.3) is 0 Å². The number of terminal acetylenes is 1. The lowest BCUT2D eigenvalue weighted by atomic mass is 9.85. The average molecular weight is 340 g/mol. The Morgan fingerprint density at radius 3 is 3.00 bits per heavy atom. The second-order valence-electron chi connectivity index (χ2n) is 5.02. The van der Waals surface area contributed by atoms with Gasteiger partial charge in [0.05, 0.1) is 11.9 Å². The highest BCUT2D eigenvalue weighted by Gasteiger charge is 2.25. The number of aliphatic hydroxyl groups excluding tert-OH is 1. The Labute approximate surface area is 126 Å². The second kappa shape index (κ2) is 6.91. The van der Waals surface area contributed by atoms with E-state index in [9.17, 15) is 9.90 Å². The van der Waals surface area contributed by atoms with Crippen molar-refractivity contribution in [1.29, 1.82) is 0 Å². The summed E-state index contributed by atoms with van der Waals surface area (Å²) in [7, 11) is 0. The summed E-state index contributed by atoms with van der Waals surface area (Å²) in [4.78, 5) is 12.0. The van der Waals surface area contributed by atoms with Crippen LogP contribution >= 0.6 is 15.9 Å². The molecule has 0 saturated heterocycles. The Bertz CT molecular complexity index is 565. The Morgan fingerprint density at radius 1 is 1.55 bits per heavy atom. The summed E-state index contributed by atoms with van der Waals surface area (Å²) in [6.45, 7) is 0.317. The third-order valence-electron chi connectivity index (χ3n) is 3.71. The topological polar surface area (TPSA) is 67.2 Å². The molecule has 2 N–H and O–H groups in total. The van der Waals surface area contributed by atoms with Gasteiger partial charge in [0.25, 0.3) is 5.56 Å². The summed E-state index contributed by atoms with van der Waals surface area (Å²) in [5.41, 5.74) is 0.415. The van der Waals surface area contributed by atoms with Gasteiger partial charge in [-0.15, -0.1) is 6.42 Å². The van der Waals surface area contributed by atoms with E-state index >= 15 is 0 Å². The quantitative estimate of drug-likeness (QED) is 0.817. The fourth-order valence-corrected chi connectivity index (χ4v) is 3.00. The minimum atomic E-state index is -0.246. The molecule has 0 aliphatic heterocycles. The first kappa shape index (κ1) is 15.1. The van der Waals surface area contributed by atoms with Crippen LogP contribution in [0.2, 0.25) is 0 Å². The first-order chi connectivity index (χ1) is 9.67. The lowest BCUT2D eigenvalue weighted by Crippen LogP contribution is -2.35. The fraction of sp³-hybridized carbons (Fsp3) is 0.571. The van der Waals surface area contributed by atoms with Crippen LogP contribution in [0.4, 0.5) is 5.69 Å². The van der Waals surface area contributed by atoms with Crippen LogP contribution in [-0.2, 0) is 6.54 Å². The first-order valence-electron chi connectivity index (χ1n) is 6.74. The van der Waals surface area contributed by atoms with Crippen LogP contribution in [0, 0.1) is 18.3 Å². The van der Waals surface area contributed by atoms with Crippen molar-refractivity contribution in [1.82, 2.24) is 9.78 Å². The molecule has 1 heterocycles. The maximum absolute atomic E-state index is 12.0. The van der Waals surface area contributed by atoms with E-state index in [0.717, 1.165) is 25.7 Å². The predicted molar refractivity (Wildman–Crippen MR) is 81.5 cm³/mol. The van der Waals surface area contributed by atoms with E-state index in [1.165, 1.54) is 4.68 Å². The molecule has 0 amide bonds. The van der Waals surface area contributed by atoms with Gasteiger partial charge >= 0.3 is 0 Å². The number of hydrogen-bond donors (Lipinski definition) is 2. The van der Waals surface area contributed by atoms with Crippen molar-refractivity contribution >= 4 is 21.6 Å². The second-order valence-corrected chi connectivity index (χ2v) is 5.81. The lowest BCUT2D eigenvalue weighted by Gasteiger charge is -2.31. The molecule has 1 fully saturated rings. The van der Waals surface area contributed by atoms with Crippen LogP contribution in [0.5, 0.6) is 0 Å². The van der Waals surface area contributed by atoms with Gasteiger partial charge in [0.15, 0.2) is 0 Å². The van der Waals surface area contributed by atoms with Gasteiger partial charge in [-0.2, -0.15) is 5.10 Å². The van der Waals surface area contributed by atoms with E-state index in [2.05, 4.69) is 32.3 Å². The van der Waals surface area contributed by atoms with Gasteiger partial charge in [-0.05, 0) is 28.8 Å². The molecule has 1 aromatic heterocycles. The highest BCUT2D eigenvalue weighted by molar-refractivity contribution is 9.10. The van der Waals surface area contributed by atoms with Crippen LogP contribution in [-0.4, -0.2) is 27.5 Å². The number of aromatic nitrogens is 2. The molecule has 1 aliphatic rings. The molecule has 0 spiro atoms. The lowest BCUT2D eigenvalue weighted by molar-refractivity contribution is 0.178. The molecule has 0 aromatic carbocycles. The van der Waals surface area contributed by atoms with E-state index in [1.807, 2.05) is 0 Å². The Kier molecular flexibility index (Phi) is 5.21. The van der Waals surface area contributed by atoms with Gasteiger partial charge in [-0.3, -0.25) is 4.79 Å². The van der Waals surface area contributed by atoms with Gasteiger partial charge < -0.3 is 10.4 Å². The molecular formula is C14H18BrN3O2. The SMILES string of the molecule is C#CCn1ncc(NC2CCCCC2CO)c(Br)c1=O. The molecule has 108 valence electrons. The van der Waals surface area contributed by atoms with E-state index < -0.39 is 0 Å². The monoisotopic (exact) mass is 339 g/mol. The molecule has 6 heteroatoms. The molecule has 0 bridgehead atoms. The number of rotatable bonds is 4. The molecule has 2 atom stereocenters. The number of halogens is 1. The highest BCUT2D eigenvalue weighted by Crippen LogP contribution is 2.28. The van der Waals surface area contributed by atoms with Gasteiger partial charge in [-0.1, -0.05) is 18.8 Å². The number of aliphatic hydroxyl groups is 1. The van der Waals surface area contributed by atoms with Crippen molar-refractivity contribution < 1.29 is 5.11 Å². The third kappa shape index (κ3) is 3.22. The van der Waals surface area contributed by atoms with E-state index in [4.69, 9.17) is 6.42 Å². The summed E-state index contributed by atoms with van der Waals surface area (Å²) in [5.74, 6) is 2.62. The Morgan fingerprint density at radius 2 is 2.30 bits per heavy atom. The van der Waals surface area contributed by atoms with Crippen molar-refractivity contribution in [3.05, 3.63) is 21.0 Å². The van der Waals surface area contributed by atoms with Gasteiger partial charge in [0.1, 0.15) is 11.0 Å². The summed E-state index contributed by atoms with van der Waals surface area (Å²) in [6, 6.07) is 0.176. The maximum Gasteiger partial charge on any atom is 0.284 e. The largest absolute Gasteiger partial charge is 0.396 e. The van der Waals surface area contributed by atoms with E-state index in [0.29, 0.717) is 10.2 Å². The summed E-state index contributed by atoms with van der Waals surface area (Å²) >= 11 is 3.30. The van der Waals surface area contributed by atoms with Crippen molar-refractivity contribution in [3.63, 3.8) is 0 Å². The van der Waals surface area contributed by atoms with Crippen molar-refractivity contribution in [2.75, 3.05) is 11.9 Å². The normalized spacial score (nSPS) is 22.2. The zero-order valence-corrected chi connectivity index (χ0v) is 12.8. The first-order valence-corrected chi connectivity index (χ1v) is 7.53. The number of nitrogens with zero attached hydrogens (tertiary/aromatic N) is 2. The van der Waals surface area contributed by atoms with Gasteiger partial charge in [-0.25, -0.2) is 4.68 Å². The molecular weight excluding hydrogens is 322 g/mol. The molecule has 20 heavy (non-hydrogen) atoms. The maximum atomic E-state index is 12.0. The smallest absolute Gasteiger partial charge is 0.284 e. The van der Waals surface area contributed by atoms with E-state index in [1.54, 1.807) is 6.20 Å². The molecule has 2 unspecified atom stereocenters. The highest BCUT2D eigenvalue weighted by atomic mass is 79.9. The minimum Gasteiger partial charge on any atom is -0.396 e. The molecule has 1 aliphatic carbocycles. The Hall–Kier alpha value is -1.32. The van der Waals surface area contributed by atoms with Crippen molar-refractivity contribution in [3.8, 4) is 12.3 Å². The fourth-order valence-electron chi connectivity index (χ4n) is 2.58. The van der Waals surface area contributed by atoms with Crippen molar-refractivity contribution in [2.45, 2.75) is 38.3 Å². The minimum absolute atomic E-state index is 0.153. The summed E-state index contributed by atoms with van der Waals surface area (Å²) in [6.07, 6.45) is 11.1. The summed E-state index contributed by atoms with van der Waals surface area (Å²) < 4.78 is 1.67.